The van der Waals surface area contributed by atoms with E-state index < -0.39 is 46.5 Å². The van der Waals surface area contributed by atoms with E-state index in [1.165, 1.54) is 55.0 Å². The fourth-order valence-corrected chi connectivity index (χ4v) is 5.46. The van der Waals surface area contributed by atoms with Gasteiger partial charge in [0.05, 0.1) is 0 Å². The van der Waals surface area contributed by atoms with Gasteiger partial charge in [0.2, 0.25) is 12.4 Å². The van der Waals surface area contributed by atoms with E-state index in [-0.39, 0.29) is 27.9 Å². The standard InChI is InChI=1S/C18H17F3N2O3.C18H17F3N2O2.2CH4/c19-18(20,21)17(25,15-4-2-1-3-5-15)16(24)22-9-12-8-14(13-6-7-13)11-23(26)10-12;19-18(20,21)17(25,15-4-2-1-3-5-15)16(24)23-10-12-8-14(11-22-9-12)13-6-7-13;;/h1-5,8,10-11,13,25H,6-7,9H2,(H-,22,24,26);1-5,8-9,11,13,25H,6-7,10H2,(H,23,24);2*1H4/p+1/t2*17-;;/m11../s1. The van der Waals surface area contributed by atoms with E-state index in [2.05, 4.69) is 15.6 Å². The molecule has 6 rings (SSSR count). The van der Waals surface area contributed by atoms with E-state index in [1.807, 2.05) is 6.07 Å². The summed E-state index contributed by atoms with van der Waals surface area (Å²) in [5, 5.41) is 34.3. The minimum Gasteiger partial charge on any atom is -0.369 e. The van der Waals surface area contributed by atoms with Crippen molar-refractivity contribution < 1.29 is 56.1 Å². The van der Waals surface area contributed by atoms with Crippen molar-refractivity contribution in [2.75, 3.05) is 0 Å². The van der Waals surface area contributed by atoms with Crippen LogP contribution in [-0.2, 0) is 33.9 Å². The number of alkyl halides is 6. The number of nitrogens with zero attached hydrogens (tertiary/aromatic N) is 2. The van der Waals surface area contributed by atoms with Crippen LogP contribution < -0.4 is 15.4 Å². The predicted octanol–water partition coefficient (Wildman–Crippen LogP) is 6.45. The summed E-state index contributed by atoms with van der Waals surface area (Å²) in [6.45, 7) is -0.400. The molecule has 2 fully saturated rings. The summed E-state index contributed by atoms with van der Waals surface area (Å²) in [6.07, 6.45) is -0.202. The Morgan fingerprint density at radius 1 is 0.660 bits per heavy atom. The third kappa shape index (κ3) is 9.70. The largest absolute Gasteiger partial charge is 0.430 e. The lowest BCUT2D eigenvalue weighted by atomic mass is 9.92. The van der Waals surface area contributed by atoms with Crippen LogP contribution in [0.5, 0.6) is 0 Å². The van der Waals surface area contributed by atoms with Gasteiger partial charge < -0.3 is 20.8 Å². The van der Waals surface area contributed by atoms with Crippen molar-refractivity contribution in [2.24, 2.45) is 0 Å². The van der Waals surface area contributed by atoms with Crippen LogP contribution >= 0.6 is 0 Å². The molecule has 2 aliphatic rings. The minimum absolute atomic E-state index is 0. The summed E-state index contributed by atoms with van der Waals surface area (Å²) < 4.78 is 81.4. The quantitative estimate of drug-likeness (QED) is 0.0719. The zero-order chi connectivity index (χ0) is 37.0. The van der Waals surface area contributed by atoms with Crippen LogP contribution in [-0.4, -0.2) is 44.6 Å². The summed E-state index contributed by atoms with van der Waals surface area (Å²) in [4.78, 5) is 28.5. The fourth-order valence-electron chi connectivity index (χ4n) is 5.46. The number of benzene rings is 2. The zero-order valence-electron chi connectivity index (χ0n) is 27.0. The molecule has 2 aromatic carbocycles. The minimum atomic E-state index is -5.19. The molecule has 2 saturated carbocycles. The number of carbonyl (C=O) groups is 2. The number of halogens is 6. The molecule has 9 nitrogen and oxygen atoms in total. The van der Waals surface area contributed by atoms with Gasteiger partial charge in [-0.1, -0.05) is 81.6 Å². The Morgan fingerprint density at radius 3 is 1.51 bits per heavy atom. The van der Waals surface area contributed by atoms with E-state index >= 15 is 0 Å². The van der Waals surface area contributed by atoms with Crippen molar-refractivity contribution in [2.45, 2.75) is 89.0 Å². The average Bonchev–Trinajstić information content (AvgIpc) is 4.03. The van der Waals surface area contributed by atoms with Crippen molar-refractivity contribution in [3.63, 3.8) is 0 Å². The molecule has 0 saturated heterocycles. The lowest BCUT2D eigenvalue weighted by Crippen LogP contribution is -2.54. The highest BCUT2D eigenvalue weighted by atomic mass is 19.4. The number of hydrogen-bond donors (Lipinski definition) is 5. The Bertz CT molecular complexity index is 1840. The summed E-state index contributed by atoms with van der Waals surface area (Å²) >= 11 is 0. The van der Waals surface area contributed by atoms with Crippen molar-refractivity contribution >= 4 is 11.8 Å². The Balaban J connectivity index is 0.000000275. The van der Waals surface area contributed by atoms with Gasteiger partial charge in [0.15, 0.2) is 0 Å². The van der Waals surface area contributed by atoms with Crippen molar-refractivity contribution in [3.05, 3.63) is 131 Å². The van der Waals surface area contributed by atoms with Gasteiger partial charge in [0.1, 0.15) is 0 Å². The fraction of sp³-hybridized carbons (Fsp3) is 0.368. The summed E-state index contributed by atoms with van der Waals surface area (Å²) in [7, 11) is 0. The molecule has 0 spiro atoms. The molecule has 2 heterocycles. The maximum atomic E-state index is 13.5. The van der Waals surface area contributed by atoms with Gasteiger partial charge in [-0.3, -0.25) is 19.8 Å². The van der Waals surface area contributed by atoms with Gasteiger partial charge in [-0.05, 0) is 54.7 Å². The summed E-state index contributed by atoms with van der Waals surface area (Å²) in [5.41, 5.74) is -5.45. The SMILES string of the molecule is C.C.O=C(NCc1cc(C2CC2)c[n+](O)c1)[C@](O)(c1ccccc1)C(F)(F)F.O=C(NCc1cncc(C2CC2)c1)[C@](O)(c1ccccc1)C(F)(F)F. The third-order valence-electron chi connectivity index (χ3n) is 8.61. The predicted molar refractivity (Wildman–Crippen MR) is 182 cm³/mol. The first kappa shape index (κ1) is 42.4. The molecule has 0 aliphatic heterocycles. The summed E-state index contributed by atoms with van der Waals surface area (Å²) in [6, 6.07) is 16.1. The van der Waals surface area contributed by atoms with E-state index in [0.717, 1.165) is 65.8 Å². The monoisotopic (exact) mass is 749 g/mol. The first-order valence-corrected chi connectivity index (χ1v) is 16.0. The Hall–Kier alpha value is -5.02. The number of pyridine rings is 2. The van der Waals surface area contributed by atoms with E-state index in [0.29, 0.717) is 23.0 Å². The molecule has 5 N–H and O–H groups in total. The Morgan fingerprint density at radius 2 is 1.08 bits per heavy atom. The van der Waals surface area contributed by atoms with E-state index in [9.17, 15) is 51.4 Å². The van der Waals surface area contributed by atoms with Crippen molar-refractivity contribution in [1.29, 1.82) is 0 Å². The number of carbonyl (C=O) groups excluding carboxylic acids is 2. The second-order valence-corrected chi connectivity index (χ2v) is 12.5. The van der Waals surface area contributed by atoms with Gasteiger partial charge in [-0.25, -0.2) is 0 Å². The number of rotatable bonds is 10. The number of nitrogens with one attached hydrogen (secondary N) is 2. The number of hydrogen-bond acceptors (Lipinski definition) is 6. The maximum Gasteiger partial charge on any atom is 0.430 e. The van der Waals surface area contributed by atoms with Gasteiger partial charge in [-0.15, -0.1) is 0 Å². The molecule has 4 aromatic rings. The van der Waals surface area contributed by atoms with Crippen LogP contribution in [0.25, 0.3) is 0 Å². The van der Waals surface area contributed by atoms with Gasteiger partial charge in [-0.2, -0.15) is 26.3 Å². The molecule has 2 atom stereocenters. The van der Waals surface area contributed by atoms with Crippen LogP contribution in [0.4, 0.5) is 26.3 Å². The summed E-state index contributed by atoms with van der Waals surface area (Å²) in [5.74, 6) is -2.32. The third-order valence-corrected chi connectivity index (χ3v) is 8.61. The van der Waals surface area contributed by atoms with Crippen LogP contribution in [0, 0.1) is 0 Å². The number of aliphatic hydroxyl groups is 2. The first-order chi connectivity index (χ1) is 24.0. The molecule has 53 heavy (non-hydrogen) atoms. The molecule has 2 amide bonds. The second-order valence-electron chi connectivity index (χ2n) is 12.5. The van der Waals surface area contributed by atoms with Crippen molar-refractivity contribution in [1.82, 2.24) is 15.6 Å². The van der Waals surface area contributed by atoms with Crippen LogP contribution in [0.3, 0.4) is 0 Å². The molecular formula is C38H43F6N4O5+. The maximum absolute atomic E-state index is 13.5. The molecule has 286 valence electrons. The van der Waals surface area contributed by atoms with Gasteiger partial charge in [0, 0.05) is 52.5 Å². The molecular weight excluding hydrogens is 706 g/mol. The lowest BCUT2D eigenvalue weighted by molar-refractivity contribution is -0.905. The highest BCUT2D eigenvalue weighted by Crippen LogP contribution is 2.42. The molecule has 2 aromatic heterocycles. The Labute approximate surface area is 303 Å². The van der Waals surface area contributed by atoms with Gasteiger partial charge >= 0.3 is 12.4 Å². The lowest BCUT2D eigenvalue weighted by Gasteiger charge is -2.29. The number of amides is 2. The first-order valence-electron chi connectivity index (χ1n) is 16.0. The second kappa shape index (κ2) is 16.8. The van der Waals surface area contributed by atoms with E-state index in [4.69, 9.17) is 0 Å². The van der Waals surface area contributed by atoms with Crippen LogP contribution in [0.2, 0.25) is 0 Å². The Kier molecular flexibility index (Phi) is 13.4. The average molecular weight is 750 g/mol. The highest BCUT2D eigenvalue weighted by molar-refractivity contribution is 5.88. The van der Waals surface area contributed by atoms with Crippen LogP contribution in [0.15, 0.2) is 97.6 Å². The normalized spacial score (nSPS) is 16.2. The zero-order valence-corrected chi connectivity index (χ0v) is 27.0. The van der Waals surface area contributed by atoms with Crippen LogP contribution in [0.1, 0.15) is 85.8 Å². The molecule has 2 aliphatic carbocycles. The van der Waals surface area contributed by atoms with Crippen molar-refractivity contribution in [3.8, 4) is 0 Å². The number of aromatic nitrogens is 2. The molecule has 0 unspecified atom stereocenters. The smallest absolute Gasteiger partial charge is 0.369 e. The van der Waals surface area contributed by atoms with E-state index in [1.54, 1.807) is 12.3 Å². The molecule has 0 bridgehead atoms. The highest BCUT2D eigenvalue weighted by Gasteiger charge is 2.61. The molecule has 15 heteroatoms. The van der Waals surface area contributed by atoms with Gasteiger partial charge in [0.25, 0.3) is 23.0 Å². The topological polar surface area (TPSA) is 136 Å². The molecule has 0 radical (unpaired) electrons.